The number of methoxy groups -OCH3 is 1. The molecule has 150 valence electrons. The van der Waals surface area contributed by atoms with Crippen molar-refractivity contribution in [3.63, 3.8) is 0 Å². The third-order valence-electron chi connectivity index (χ3n) is 4.63. The van der Waals surface area contributed by atoms with Gasteiger partial charge in [0, 0.05) is 17.1 Å². The van der Waals surface area contributed by atoms with Gasteiger partial charge in [0.15, 0.2) is 0 Å². The van der Waals surface area contributed by atoms with E-state index < -0.39 is 10.0 Å². The van der Waals surface area contributed by atoms with Gasteiger partial charge < -0.3 is 4.74 Å². The molecule has 3 rings (SSSR count). The van der Waals surface area contributed by atoms with Crippen molar-refractivity contribution >= 4 is 21.4 Å². The molecule has 1 N–H and O–H groups in total. The summed E-state index contributed by atoms with van der Waals surface area (Å²) >= 11 is 1.59. The molecule has 0 aliphatic carbocycles. The van der Waals surface area contributed by atoms with Crippen LogP contribution in [0.15, 0.2) is 40.6 Å². The number of aryl methyl sites for hydroxylation is 4. The van der Waals surface area contributed by atoms with Crippen LogP contribution in [0.25, 0.3) is 0 Å². The number of sulfonamides is 1. The van der Waals surface area contributed by atoms with Crippen molar-refractivity contribution < 1.29 is 13.2 Å². The zero-order chi connectivity index (χ0) is 20.5. The Balaban J connectivity index is 1.90. The van der Waals surface area contributed by atoms with Crippen molar-refractivity contribution in [2.24, 2.45) is 0 Å². The summed E-state index contributed by atoms with van der Waals surface area (Å²) in [7, 11) is -2.09. The Morgan fingerprint density at radius 3 is 2.36 bits per heavy atom. The molecule has 6 nitrogen and oxygen atoms in total. The fourth-order valence-electron chi connectivity index (χ4n) is 3.41. The first kappa shape index (κ1) is 20.6. The average molecular weight is 420 g/mol. The monoisotopic (exact) mass is 419 g/mol. The van der Waals surface area contributed by atoms with E-state index >= 15 is 0 Å². The highest BCUT2D eigenvalue weighted by Gasteiger charge is 2.23. The summed E-state index contributed by atoms with van der Waals surface area (Å²) in [6.45, 7) is 7.81. The van der Waals surface area contributed by atoms with Gasteiger partial charge in [0.25, 0.3) is 0 Å². The Kier molecular flexibility index (Phi) is 5.92. The van der Waals surface area contributed by atoms with Crippen LogP contribution in [-0.2, 0) is 10.0 Å². The molecular formula is C20H25N3O3S2. The van der Waals surface area contributed by atoms with Crippen LogP contribution in [0.3, 0.4) is 0 Å². The molecule has 3 aromatic rings. The van der Waals surface area contributed by atoms with Gasteiger partial charge in [-0.25, -0.2) is 13.1 Å². The number of ether oxygens (including phenoxy) is 1. The number of nitrogens with one attached hydrogen (secondary N) is 1. The molecule has 1 aromatic carbocycles. The van der Waals surface area contributed by atoms with E-state index in [2.05, 4.69) is 9.82 Å². The summed E-state index contributed by atoms with van der Waals surface area (Å²) in [5.74, 6) is 0.707. The van der Waals surface area contributed by atoms with Gasteiger partial charge in [-0.1, -0.05) is 6.07 Å². The van der Waals surface area contributed by atoms with E-state index in [1.54, 1.807) is 30.6 Å². The summed E-state index contributed by atoms with van der Waals surface area (Å²) in [6, 6.07) is 9.02. The average Bonchev–Trinajstić information content (AvgIpc) is 3.25. The molecule has 0 fully saturated rings. The maximum Gasteiger partial charge on any atom is 0.240 e. The number of thiophene rings is 1. The third kappa shape index (κ3) is 4.14. The van der Waals surface area contributed by atoms with Crippen LogP contribution < -0.4 is 9.46 Å². The van der Waals surface area contributed by atoms with Crippen LogP contribution >= 0.6 is 11.3 Å². The Morgan fingerprint density at radius 2 is 1.86 bits per heavy atom. The number of rotatable bonds is 7. The summed E-state index contributed by atoms with van der Waals surface area (Å²) in [5, 5.41) is 6.55. The number of hydrogen-bond acceptors (Lipinski definition) is 5. The van der Waals surface area contributed by atoms with E-state index in [1.165, 1.54) is 0 Å². The zero-order valence-corrected chi connectivity index (χ0v) is 18.3. The standard InChI is InChI=1S/C20H25N3O3S2/c1-13-9-17(10-14(2)20(13)26-5)28(24,25)21-12-18(19-7-6-8-27-19)23-16(4)11-15(3)22-23/h6-11,18,21H,12H2,1-5H3. The van der Waals surface area contributed by atoms with Crippen LogP contribution in [0.4, 0.5) is 0 Å². The first-order chi connectivity index (χ1) is 13.2. The van der Waals surface area contributed by atoms with Crippen LogP contribution in [0.5, 0.6) is 5.75 Å². The molecule has 0 spiro atoms. The Hall–Kier alpha value is -2.16. The topological polar surface area (TPSA) is 73.2 Å². The fourth-order valence-corrected chi connectivity index (χ4v) is 5.43. The van der Waals surface area contributed by atoms with E-state index in [0.29, 0.717) is 5.75 Å². The lowest BCUT2D eigenvalue weighted by Gasteiger charge is -2.19. The van der Waals surface area contributed by atoms with Gasteiger partial charge in [0.05, 0.1) is 23.7 Å². The molecule has 28 heavy (non-hydrogen) atoms. The van der Waals surface area contributed by atoms with Gasteiger partial charge in [-0.3, -0.25) is 4.68 Å². The van der Waals surface area contributed by atoms with E-state index in [4.69, 9.17) is 4.74 Å². The predicted molar refractivity (Wildman–Crippen MR) is 112 cm³/mol. The lowest BCUT2D eigenvalue weighted by Crippen LogP contribution is -2.32. The molecule has 1 atom stereocenters. The third-order valence-corrected chi connectivity index (χ3v) is 7.00. The molecule has 0 saturated carbocycles. The van der Waals surface area contributed by atoms with Crippen molar-refractivity contribution in [3.05, 3.63) is 63.1 Å². The zero-order valence-electron chi connectivity index (χ0n) is 16.7. The minimum absolute atomic E-state index is 0.205. The van der Waals surface area contributed by atoms with Crippen molar-refractivity contribution in [2.45, 2.75) is 38.6 Å². The van der Waals surface area contributed by atoms with Gasteiger partial charge in [-0.2, -0.15) is 5.10 Å². The normalized spacial score (nSPS) is 12.9. The van der Waals surface area contributed by atoms with E-state index in [1.807, 2.05) is 56.0 Å². The highest BCUT2D eigenvalue weighted by molar-refractivity contribution is 7.89. The first-order valence-electron chi connectivity index (χ1n) is 8.94. The second kappa shape index (κ2) is 8.06. The Bertz CT molecular complexity index is 1050. The van der Waals surface area contributed by atoms with Crippen molar-refractivity contribution in [1.82, 2.24) is 14.5 Å². The first-order valence-corrected chi connectivity index (χ1v) is 11.3. The van der Waals surface area contributed by atoms with Gasteiger partial charge in [-0.05, 0) is 68.5 Å². The number of nitrogens with zero attached hydrogens (tertiary/aromatic N) is 2. The smallest absolute Gasteiger partial charge is 0.240 e. The minimum Gasteiger partial charge on any atom is -0.496 e. The van der Waals surface area contributed by atoms with Gasteiger partial charge in [-0.15, -0.1) is 11.3 Å². The van der Waals surface area contributed by atoms with Gasteiger partial charge in [0.2, 0.25) is 10.0 Å². The number of aromatic nitrogens is 2. The second-order valence-corrected chi connectivity index (χ2v) is 9.59. The Morgan fingerprint density at radius 1 is 1.18 bits per heavy atom. The lowest BCUT2D eigenvalue weighted by molar-refractivity contribution is 0.408. The van der Waals surface area contributed by atoms with Gasteiger partial charge in [0.1, 0.15) is 5.75 Å². The molecule has 0 saturated heterocycles. The molecule has 0 bridgehead atoms. The van der Waals surface area contributed by atoms with E-state index in [0.717, 1.165) is 27.4 Å². The van der Waals surface area contributed by atoms with E-state index in [9.17, 15) is 8.42 Å². The summed E-state index contributed by atoms with van der Waals surface area (Å²) in [4.78, 5) is 1.29. The van der Waals surface area contributed by atoms with Crippen LogP contribution in [0.1, 0.15) is 33.4 Å². The fraction of sp³-hybridized carbons (Fsp3) is 0.350. The van der Waals surface area contributed by atoms with Crippen molar-refractivity contribution in [3.8, 4) is 5.75 Å². The minimum atomic E-state index is -3.67. The molecular weight excluding hydrogens is 394 g/mol. The number of hydrogen-bond donors (Lipinski definition) is 1. The highest BCUT2D eigenvalue weighted by atomic mass is 32.2. The predicted octanol–water partition coefficient (Wildman–Crippen LogP) is 3.75. The molecule has 1 unspecified atom stereocenters. The second-order valence-electron chi connectivity index (χ2n) is 6.85. The molecule has 8 heteroatoms. The molecule has 0 aliphatic heterocycles. The summed E-state index contributed by atoms with van der Waals surface area (Å²) < 4.78 is 35.9. The van der Waals surface area contributed by atoms with Crippen LogP contribution in [-0.4, -0.2) is 31.9 Å². The largest absolute Gasteiger partial charge is 0.496 e. The van der Waals surface area contributed by atoms with Gasteiger partial charge >= 0.3 is 0 Å². The number of benzene rings is 1. The van der Waals surface area contributed by atoms with E-state index in [-0.39, 0.29) is 17.5 Å². The molecule has 0 amide bonds. The summed E-state index contributed by atoms with van der Waals surface area (Å²) in [6.07, 6.45) is 0. The maximum atomic E-state index is 13.0. The SMILES string of the molecule is COc1c(C)cc(S(=O)(=O)NCC(c2cccs2)n2nc(C)cc2C)cc1C. The quantitative estimate of drug-likeness (QED) is 0.633. The molecule has 2 aromatic heterocycles. The van der Waals surface area contributed by atoms with Crippen LogP contribution in [0.2, 0.25) is 0 Å². The lowest BCUT2D eigenvalue weighted by atomic mass is 10.1. The molecule has 2 heterocycles. The Labute approximate surface area is 170 Å². The highest BCUT2D eigenvalue weighted by Crippen LogP contribution is 2.28. The van der Waals surface area contributed by atoms with Crippen molar-refractivity contribution in [1.29, 1.82) is 0 Å². The van der Waals surface area contributed by atoms with Crippen LogP contribution in [0, 0.1) is 27.7 Å². The van der Waals surface area contributed by atoms with Crippen molar-refractivity contribution in [2.75, 3.05) is 13.7 Å². The maximum absolute atomic E-state index is 13.0. The summed E-state index contributed by atoms with van der Waals surface area (Å²) in [5.41, 5.74) is 3.47. The molecule has 0 aliphatic rings. The molecule has 0 radical (unpaired) electrons.